The van der Waals surface area contributed by atoms with Gasteiger partial charge >= 0.3 is 5.91 Å². The number of Topliss-reactive ketones (excluding diaryl/α,β-unsaturated/α-hetero) is 1. The minimum atomic E-state index is -0.862. The minimum absolute atomic E-state index is 0.0130. The first kappa shape index (κ1) is 27.2. The molecule has 1 aromatic heterocycles. The molecule has 0 radical (unpaired) electrons. The number of thiazole rings is 1. The van der Waals surface area contributed by atoms with E-state index in [-0.39, 0.29) is 11.3 Å². The summed E-state index contributed by atoms with van der Waals surface area (Å²) in [6.07, 6.45) is 0.872. The summed E-state index contributed by atoms with van der Waals surface area (Å²) in [5.74, 6) is -0.385. The van der Waals surface area contributed by atoms with Crippen molar-refractivity contribution in [1.82, 2.24) is 4.98 Å². The van der Waals surface area contributed by atoms with Gasteiger partial charge in [0.2, 0.25) is 0 Å². The van der Waals surface area contributed by atoms with Crippen molar-refractivity contribution in [3.8, 4) is 11.5 Å². The highest BCUT2D eigenvalue weighted by Crippen LogP contribution is 2.45. The Hall–Kier alpha value is -4.37. The molecule has 1 aliphatic rings. The normalized spacial score (nSPS) is 16.5. The Kier molecular flexibility index (Phi) is 7.75. The van der Waals surface area contributed by atoms with Gasteiger partial charge in [0.05, 0.1) is 35.0 Å². The molecule has 2 heterocycles. The Bertz CT molecular complexity index is 1580. The Morgan fingerprint density at radius 2 is 1.68 bits per heavy atom. The van der Waals surface area contributed by atoms with Crippen molar-refractivity contribution in [2.24, 2.45) is 0 Å². The number of carbonyl (C=O) groups excluding carboxylic acids is 2. The zero-order valence-electron chi connectivity index (χ0n) is 22.9. The molecule has 40 heavy (non-hydrogen) atoms. The van der Waals surface area contributed by atoms with Gasteiger partial charge in [-0.25, -0.2) is 4.98 Å². The number of aliphatic hydroxyl groups is 1. The van der Waals surface area contributed by atoms with Gasteiger partial charge in [0.25, 0.3) is 5.78 Å². The number of hydrogen-bond donors (Lipinski definition) is 1. The van der Waals surface area contributed by atoms with Gasteiger partial charge in [0.15, 0.2) is 5.13 Å². The van der Waals surface area contributed by atoms with Gasteiger partial charge in [0.1, 0.15) is 17.3 Å². The van der Waals surface area contributed by atoms with Gasteiger partial charge < -0.3 is 19.5 Å². The monoisotopic (exact) mass is 557 g/mol. The highest BCUT2D eigenvalue weighted by atomic mass is 32.1. The summed E-state index contributed by atoms with van der Waals surface area (Å²) < 4.78 is 12.1. The number of ketones is 1. The van der Waals surface area contributed by atoms with Crippen LogP contribution < -0.4 is 19.3 Å². The van der Waals surface area contributed by atoms with Crippen molar-refractivity contribution in [1.29, 1.82) is 0 Å². The van der Waals surface area contributed by atoms with E-state index in [1.165, 1.54) is 16.2 Å². The minimum Gasteiger partial charge on any atom is -0.507 e. The predicted molar refractivity (Wildman–Crippen MR) is 159 cm³/mol. The largest absolute Gasteiger partial charge is 0.507 e. The average molecular weight is 558 g/mol. The van der Waals surface area contributed by atoms with E-state index in [9.17, 15) is 14.7 Å². The van der Waals surface area contributed by atoms with Gasteiger partial charge in [-0.05, 0) is 73.5 Å². The standard InChI is InChI=1S/C31H31N3O5S/c1-5-17-39-22-13-9-20(10-14-22)28(35)26-27(19-7-11-21(12-8-19)33(3)4)34(30(37)29(26)36)31-32-24-16-15-23(38-6-2)18-25(24)40-31/h7-16,18,27,35H,5-6,17H2,1-4H3. The van der Waals surface area contributed by atoms with E-state index in [4.69, 9.17) is 14.5 Å². The van der Waals surface area contributed by atoms with E-state index in [2.05, 4.69) is 0 Å². The molecule has 1 amide bonds. The fourth-order valence-electron chi connectivity index (χ4n) is 4.64. The molecule has 1 atom stereocenters. The quantitative estimate of drug-likeness (QED) is 0.149. The maximum atomic E-state index is 13.6. The topological polar surface area (TPSA) is 92.2 Å². The zero-order valence-corrected chi connectivity index (χ0v) is 23.7. The summed E-state index contributed by atoms with van der Waals surface area (Å²) in [6.45, 7) is 5.04. The molecule has 9 heteroatoms. The SMILES string of the molecule is CCCOc1ccc(C(O)=C2C(=O)C(=O)N(c3nc4ccc(OCC)cc4s3)C2c2ccc(N(C)C)cc2)cc1. The third kappa shape index (κ3) is 5.12. The number of carbonyl (C=O) groups is 2. The molecule has 1 aliphatic heterocycles. The number of aliphatic hydroxyl groups excluding tert-OH is 1. The van der Waals surface area contributed by atoms with E-state index in [1.807, 2.05) is 75.3 Å². The third-order valence-corrected chi connectivity index (χ3v) is 7.65. The van der Waals surface area contributed by atoms with E-state index in [1.54, 1.807) is 24.3 Å². The lowest BCUT2D eigenvalue weighted by Crippen LogP contribution is -2.29. The second kappa shape index (κ2) is 11.4. The summed E-state index contributed by atoms with van der Waals surface area (Å²) in [4.78, 5) is 35.2. The first-order chi connectivity index (χ1) is 19.3. The summed E-state index contributed by atoms with van der Waals surface area (Å²) >= 11 is 1.30. The fraction of sp³-hybridized carbons (Fsp3) is 0.258. The maximum absolute atomic E-state index is 13.6. The molecule has 0 aliphatic carbocycles. The number of ether oxygens (including phenoxy) is 2. The first-order valence-electron chi connectivity index (χ1n) is 13.2. The van der Waals surface area contributed by atoms with Gasteiger partial charge in [0, 0.05) is 25.3 Å². The van der Waals surface area contributed by atoms with Crippen LogP contribution in [0.1, 0.15) is 37.4 Å². The highest BCUT2D eigenvalue weighted by Gasteiger charge is 2.48. The van der Waals surface area contributed by atoms with Crippen LogP contribution in [0.25, 0.3) is 16.0 Å². The molecule has 1 unspecified atom stereocenters. The van der Waals surface area contributed by atoms with Crippen LogP contribution in [0.4, 0.5) is 10.8 Å². The molecule has 0 bridgehead atoms. The molecule has 0 spiro atoms. The van der Waals surface area contributed by atoms with Gasteiger partial charge in [-0.3, -0.25) is 14.5 Å². The van der Waals surface area contributed by atoms with Gasteiger partial charge in [-0.1, -0.05) is 30.4 Å². The first-order valence-corrected chi connectivity index (χ1v) is 14.0. The summed E-state index contributed by atoms with van der Waals surface area (Å²) in [5, 5.41) is 11.8. The molecule has 8 nitrogen and oxygen atoms in total. The number of amides is 1. The number of anilines is 2. The van der Waals surface area contributed by atoms with E-state index >= 15 is 0 Å². The molecule has 3 aromatic carbocycles. The average Bonchev–Trinajstić information content (AvgIpc) is 3.49. The molecule has 0 saturated carbocycles. The van der Waals surface area contributed by atoms with Crippen LogP contribution in [-0.4, -0.2) is 49.1 Å². The molecular weight excluding hydrogens is 526 g/mol. The molecule has 1 saturated heterocycles. The number of rotatable bonds is 9. The zero-order chi connectivity index (χ0) is 28.4. The second-order valence-electron chi connectivity index (χ2n) is 9.59. The smallest absolute Gasteiger partial charge is 0.301 e. The van der Waals surface area contributed by atoms with Crippen LogP contribution in [0.3, 0.4) is 0 Å². The number of hydrogen-bond acceptors (Lipinski definition) is 8. The van der Waals surface area contributed by atoms with E-state index in [0.29, 0.717) is 46.5 Å². The number of fused-ring (bicyclic) bond motifs is 1. The van der Waals surface area contributed by atoms with Crippen LogP contribution in [0, 0.1) is 0 Å². The van der Waals surface area contributed by atoms with Crippen molar-refractivity contribution in [2.45, 2.75) is 26.3 Å². The number of benzene rings is 3. The van der Waals surface area contributed by atoms with Gasteiger partial charge in [-0.15, -0.1) is 0 Å². The molecule has 1 fully saturated rings. The Morgan fingerprint density at radius 3 is 2.33 bits per heavy atom. The summed E-state index contributed by atoms with van der Waals surface area (Å²) in [7, 11) is 3.87. The lowest BCUT2D eigenvalue weighted by atomic mass is 9.95. The Balaban J connectivity index is 1.63. The van der Waals surface area contributed by atoms with Crippen LogP contribution in [0.2, 0.25) is 0 Å². The third-order valence-electron chi connectivity index (χ3n) is 6.64. The lowest BCUT2D eigenvalue weighted by Gasteiger charge is -2.23. The van der Waals surface area contributed by atoms with Crippen molar-refractivity contribution >= 4 is 49.8 Å². The van der Waals surface area contributed by atoms with Crippen LogP contribution in [-0.2, 0) is 9.59 Å². The van der Waals surface area contributed by atoms with E-state index < -0.39 is 17.7 Å². The van der Waals surface area contributed by atoms with Gasteiger partial charge in [-0.2, -0.15) is 0 Å². The van der Waals surface area contributed by atoms with Crippen LogP contribution in [0.5, 0.6) is 11.5 Å². The summed E-state index contributed by atoms with van der Waals surface area (Å²) in [5.41, 5.74) is 2.77. The molecule has 5 rings (SSSR count). The highest BCUT2D eigenvalue weighted by molar-refractivity contribution is 7.22. The second-order valence-corrected chi connectivity index (χ2v) is 10.6. The lowest BCUT2D eigenvalue weighted by molar-refractivity contribution is -0.132. The summed E-state index contributed by atoms with van der Waals surface area (Å²) in [6, 6.07) is 19.1. The van der Waals surface area contributed by atoms with Crippen molar-refractivity contribution in [2.75, 3.05) is 37.1 Å². The fourth-order valence-corrected chi connectivity index (χ4v) is 5.66. The van der Waals surface area contributed by atoms with Crippen LogP contribution >= 0.6 is 11.3 Å². The maximum Gasteiger partial charge on any atom is 0.301 e. The number of aromatic nitrogens is 1. The Morgan fingerprint density at radius 1 is 0.975 bits per heavy atom. The number of nitrogens with zero attached hydrogens (tertiary/aromatic N) is 3. The Labute approximate surface area is 237 Å². The van der Waals surface area contributed by atoms with Crippen molar-refractivity contribution < 1.29 is 24.2 Å². The van der Waals surface area contributed by atoms with Crippen molar-refractivity contribution in [3.05, 3.63) is 83.4 Å². The van der Waals surface area contributed by atoms with E-state index in [0.717, 1.165) is 16.8 Å². The van der Waals surface area contributed by atoms with Crippen LogP contribution in [0.15, 0.2) is 72.3 Å². The molecule has 206 valence electrons. The molecule has 4 aromatic rings. The molecular formula is C31H31N3O5S. The molecule has 1 N–H and O–H groups in total. The van der Waals surface area contributed by atoms with Crippen molar-refractivity contribution in [3.63, 3.8) is 0 Å². The predicted octanol–water partition coefficient (Wildman–Crippen LogP) is 6.18.